The summed E-state index contributed by atoms with van der Waals surface area (Å²) in [4.78, 5) is 19.0. The van der Waals surface area contributed by atoms with Crippen LogP contribution in [-0.4, -0.2) is 24.1 Å². The van der Waals surface area contributed by atoms with Crippen molar-refractivity contribution < 1.29 is 4.79 Å². The van der Waals surface area contributed by atoms with Gasteiger partial charge in [-0.05, 0) is 69.6 Å². The molecule has 1 atom stereocenters. The maximum absolute atomic E-state index is 13.3. The van der Waals surface area contributed by atoms with Gasteiger partial charge in [0.05, 0.1) is 5.71 Å². The van der Waals surface area contributed by atoms with E-state index in [1.165, 1.54) is 4.88 Å². The first-order valence-electron chi connectivity index (χ1n) is 10.0. The summed E-state index contributed by atoms with van der Waals surface area (Å²) in [6.45, 7) is 12.6. The number of rotatable bonds is 11. The Kier molecular flexibility index (Phi) is 10.5. The largest absolute Gasteiger partial charge is 0.323 e. The number of hydrogen-bond donors (Lipinski definition) is 1. The van der Waals surface area contributed by atoms with E-state index in [4.69, 9.17) is 5.73 Å². The molecule has 1 heterocycles. The van der Waals surface area contributed by atoms with Crippen LogP contribution in [0, 0.1) is 5.92 Å². The fourth-order valence-corrected chi connectivity index (χ4v) is 4.11. The van der Waals surface area contributed by atoms with Gasteiger partial charge in [-0.15, -0.1) is 11.3 Å². The van der Waals surface area contributed by atoms with Crippen LogP contribution in [0.5, 0.6) is 0 Å². The molecule has 0 aromatic carbocycles. The highest BCUT2D eigenvalue weighted by Gasteiger charge is 2.23. The van der Waals surface area contributed by atoms with Crippen LogP contribution in [0.4, 0.5) is 0 Å². The van der Waals surface area contributed by atoms with Crippen molar-refractivity contribution in [2.75, 3.05) is 6.54 Å². The second-order valence-electron chi connectivity index (χ2n) is 7.46. The van der Waals surface area contributed by atoms with Crippen LogP contribution in [0.2, 0.25) is 0 Å². The number of carbonyl (C=O) groups is 1. The molecule has 2 N–H and O–H groups in total. The summed E-state index contributed by atoms with van der Waals surface area (Å²) in [5, 5.41) is 2.07. The van der Waals surface area contributed by atoms with Gasteiger partial charge in [-0.2, -0.15) is 0 Å². The Morgan fingerprint density at radius 2 is 1.85 bits per heavy atom. The maximum atomic E-state index is 13.3. The quantitative estimate of drug-likeness (QED) is 0.370. The summed E-state index contributed by atoms with van der Waals surface area (Å²) >= 11 is 1.69. The normalized spacial score (nSPS) is 14.1. The van der Waals surface area contributed by atoms with Gasteiger partial charge in [0.15, 0.2) is 5.78 Å². The Balaban J connectivity index is 3.28. The fourth-order valence-electron chi connectivity index (χ4n) is 3.36. The topological polar surface area (TPSA) is 55.5 Å². The van der Waals surface area contributed by atoms with E-state index in [9.17, 15) is 4.79 Å². The highest BCUT2D eigenvalue weighted by Crippen LogP contribution is 2.32. The first-order chi connectivity index (χ1) is 12.8. The third-order valence-corrected chi connectivity index (χ3v) is 5.58. The molecule has 0 aliphatic carbocycles. The third kappa shape index (κ3) is 7.55. The minimum absolute atomic E-state index is 0.133. The van der Waals surface area contributed by atoms with Gasteiger partial charge in [-0.3, -0.25) is 9.79 Å². The monoisotopic (exact) mass is 388 g/mol. The van der Waals surface area contributed by atoms with Crippen LogP contribution in [0.3, 0.4) is 0 Å². The molecule has 27 heavy (non-hydrogen) atoms. The van der Waals surface area contributed by atoms with E-state index in [0.717, 1.165) is 48.1 Å². The van der Waals surface area contributed by atoms with Crippen LogP contribution in [0.15, 0.2) is 39.7 Å². The first kappa shape index (κ1) is 23.5. The van der Waals surface area contributed by atoms with Crippen molar-refractivity contribution in [1.29, 1.82) is 0 Å². The van der Waals surface area contributed by atoms with Gasteiger partial charge in [0.2, 0.25) is 0 Å². The van der Waals surface area contributed by atoms with Gasteiger partial charge in [0, 0.05) is 16.5 Å². The van der Waals surface area contributed by atoms with Gasteiger partial charge in [0.1, 0.15) is 6.54 Å². The summed E-state index contributed by atoms with van der Waals surface area (Å²) in [7, 11) is 0. The van der Waals surface area contributed by atoms with Gasteiger partial charge in [-0.1, -0.05) is 38.3 Å². The molecule has 4 heteroatoms. The second kappa shape index (κ2) is 12.0. The van der Waals surface area contributed by atoms with Crippen molar-refractivity contribution in [3.8, 4) is 0 Å². The van der Waals surface area contributed by atoms with Crippen molar-refractivity contribution in [2.24, 2.45) is 16.6 Å². The molecule has 3 nitrogen and oxygen atoms in total. The minimum Gasteiger partial charge on any atom is -0.323 e. The Hall–Kier alpha value is -1.52. The lowest BCUT2D eigenvalue weighted by atomic mass is 9.84. The number of carbonyl (C=O) groups excluding carboxylic acids is 1. The van der Waals surface area contributed by atoms with Crippen molar-refractivity contribution in [2.45, 2.75) is 73.3 Å². The molecule has 0 spiro atoms. The molecule has 0 aliphatic heterocycles. The predicted octanol–water partition coefficient (Wildman–Crippen LogP) is 6.06. The molecule has 1 unspecified atom stereocenters. The number of nitrogens with two attached hydrogens (primary N) is 1. The highest BCUT2D eigenvalue weighted by atomic mass is 32.1. The second-order valence-corrected chi connectivity index (χ2v) is 8.41. The molecule has 0 bridgehead atoms. The lowest BCUT2D eigenvalue weighted by molar-refractivity contribution is -0.114. The van der Waals surface area contributed by atoms with Crippen molar-refractivity contribution >= 4 is 28.4 Å². The van der Waals surface area contributed by atoms with Crippen molar-refractivity contribution in [3.63, 3.8) is 0 Å². The Morgan fingerprint density at radius 3 is 2.30 bits per heavy atom. The van der Waals surface area contributed by atoms with Crippen LogP contribution >= 0.6 is 11.3 Å². The molecule has 0 radical (unpaired) electrons. The van der Waals surface area contributed by atoms with Crippen LogP contribution in [0.1, 0.15) is 72.1 Å². The Morgan fingerprint density at radius 1 is 1.22 bits per heavy atom. The van der Waals surface area contributed by atoms with E-state index in [1.54, 1.807) is 11.3 Å². The predicted molar refractivity (Wildman–Crippen MR) is 121 cm³/mol. The lowest BCUT2D eigenvalue weighted by Crippen LogP contribution is -2.27. The number of nitrogens with zero attached hydrogens (tertiary/aromatic N) is 1. The zero-order chi connectivity index (χ0) is 20.4. The Labute approximate surface area is 169 Å². The number of ketones is 1. The van der Waals surface area contributed by atoms with E-state index in [0.29, 0.717) is 5.92 Å². The summed E-state index contributed by atoms with van der Waals surface area (Å²) in [5.74, 6) is 0.431. The van der Waals surface area contributed by atoms with Gasteiger partial charge < -0.3 is 5.73 Å². The summed E-state index contributed by atoms with van der Waals surface area (Å²) in [5.41, 5.74) is 10.0. The molecule has 1 aromatic rings. The van der Waals surface area contributed by atoms with Crippen LogP contribution in [-0.2, 0) is 4.79 Å². The van der Waals surface area contributed by atoms with Gasteiger partial charge >= 0.3 is 0 Å². The zero-order valence-corrected chi connectivity index (χ0v) is 18.7. The van der Waals surface area contributed by atoms with E-state index in [1.807, 2.05) is 32.9 Å². The number of aliphatic imine (C=N–C) groups is 1. The SMILES string of the molecule is CCCC(CCC)/C(C(=O)CN=C(C=C(C)C)C(C)N)=C(/C)c1cccs1. The third-order valence-electron chi connectivity index (χ3n) is 4.59. The van der Waals surface area contributed by atoms with Gasteiger partial charge in [-0.25, -0.2) is 0 Å². The minimum atomic E-state index is -0.180. The van der Waals surface area contributed by atoms with Crippen molar-refractivity contribution in [3.05, 3.63) is 39.6 Å². The van der Waals surface area contributed by atoms with Crippen molar-refractivity contribution in [1.82, 2.24) is 0 Å². The Bertz CT molecular complexity index is 671. The van der Waals surface area contributed by atoms with E-state index < -0.39 is 0 Å². The molecular weight excluding hydrogens is 352 g/mol. The molecule has 1 aromatic heterocycles. The van der Waals surface area contributed by atoms with Crippen LogP contribution < -0.4 is 5.73 Å². The molecular formula is C23H36N2OS. The molecule has 150 valence electrons. The molecule has 0 saturated heterocycles. The summed E-state index contributed by atoms with van der Waals surface area (Å²) in [6, 6.07) is 3.96. The molecule has 0 aliphatic rings. The smallest absolute Gasteiger partial charge is 0.180 e. The van der Waals surface area contributed by atoms with Crippen LogP contribution in [0.25, 0.3) is 5.57 Å². The number of allylic oxidation sites excluding steroid dienone is 2. The first-order valence-corrected chi connectivity index (χ1v) is 10.9. The lowest BCUT2D eigenvalue weighted by Gasteiger charge is -2.21. The van der Waals surface area contributed by atoms with E-state index >= 15 is 0 Å². The average molecular weight is 389 g/mol. The number of thiophene rings is 1. The number of Topliss-reactive ketones (excluding diaryl/α,β-unsaturated/α-hetero) is 1. The molecule has 1 rings (SSSR count). The molecule has 0 saturated carbocycles. The maximum Gasteiger partial charge on any atom is 0.180 e. The van der Waals surface area contributed by atoms with Gasteiger partial charge in [0.25, 0.3) is 0 Å². The summed E-state index contributed by atoms with van der Waals surface area (Å²) in [6.07, 6.45) is 6.20. The molecule has 0 amide bonds. The highest BCUT2D eigenvalue weighted by molar-refractivity contribution is 7.11. The standard InChI is InChI=1S/C23H36N2OS/c1-7-10-19(11-8-2)23(17(5)22-12-9-13-27-22)21(26)15-25-20(18(6)24)14-16(3)4/h9,12-14,18-19H,7-8,10-11,15,24H2,1-6H3/b23-17+,25-20?. The average Bonchev–Trinajstić information content (AvgIpc) is 3.13. The molecule has 0 fully saturated rings. The summed E-state index contributed by atoms with van der Waals surface area (Å²) < 4.78 is 0. The van der Waals surface area contributed by atoms with E-state index in [-0.39, 0.29) is 18.4 Å². The van der Waals surface area contributed by atoms with E-state index in [2.05, 4.69) is 37.2 Å². The zero-order valence-electron chi connectivity index (χ0n) is 17.8. The fraction of sp³-hybridized carbons (Fsp3) is 0.565. The number of hydrogen-bond acceptors (Lipinski definition) is 4.